The topological polar surface area (TPSA) is 101 Å². The molecule has 1 saturated heterocycles. The molecule has 0 aromatic heterocycles. The van der Waals surface area contributed by atoms with Crippen molar-refractivity contribution in [1.82, 2.24) is 0 Å². The quantitative estimate of drug-likeness (QED) is 0.637. The summed E-state index contributed by atoms with van der Waals surface area (Å²) >= 11 is 0. The van der Waals surface area contributed by atoms with Gasteiger partial charge in [0.2, 0.25) is 5.91 Å². The maximum absolute atomic E-state index is 11.6. The molecule has 0 spiro atoms. The van der Waals surface area contributed by atoms with E-state index < -0.39 is 16.8 Å². The van der Waals surface area contributed by atoms with Gasteiger partial charge in [0.15, 0.2) is 0 Å². The standard InChI is InChI=1S/C11H10N2O5/c14-10-5-7(11(15)16)6-12(10)8-1-3-9(4-2-8)13(17)18/h1-4,7H,5-6H2,(H,15,16). The Labute approximate surface area is 102 Å². The Morgan fingerprint density at radius 1 is 1.39 bits per heavy atom. The highest BCUT2D eigenvalue weighted by Crippen LogP contribution is 2.26. The van der Waals surface area contributed by atoms with Gasteiger partial charge in [-0.05, 0) is 12.1 Å². The molecule has 1 aromatic rings. The van der Waals surface area contributed by atoms with Crippen LogP contribution >= 0.6 is 0 Å². The van der Waals surface area contributed by atoms with Gasteiger partial charge in [-0.1, -0.05) is 0 Å². The molecule has 1 fully saturated rings. The summed E-state index contributed by atoms with van der Waals surface area (Å²) in [6.45, 7) is 0.103. The Bertz CT molecular complexity index is 511. The summed E-state index contributed by atoms with van der Waals surface area (Å²) in [5.74, 6) is -2.00. The number of hydrogen-bond donors (Lipinski definition) is 1. The SMILES string of the molecule is O=C(O)C1CC(=O)N(c2ccc([N+](=O)[O-])cc2)C1. The second kappa shape index (κ2) is 4.44. The average molecular weight is 250 g/mol. The van der Waals surface area contributed by atoms with Gasteiger partial charge in [0.05, 0.1) is 10.8 Å². The average Bonchev–Trinajstić information content (AvgIpc) is 2.71. The van der Waals surface area contributed by atoms with E-state index in [0.29, 0.717) is 5.69 Å². The molecule has 0 aliphatic carbocycles. The van der Waals surface area contributed by atoms with Crippen molar-refractivity contribution >= 4 is 23.3 Å². The monoisotopic (exact) mass is 250 g/mol. The molecular formula is C11H10N2O5. The lowest BCUT2D eigenvalue weighted by Crippen LogP contribution is -2.25. The summed E-state index contributed by atoms with van der Waals surface area (Å²) < 4.78 is 0. The lowest BCUT2D eigenvalue weighted by molar-refractivity contribution is -0.384. The van der Waals surface area contributed by atoms with Crippen molar-refractivity contribution in [3.05, 3.63) is 34.4 Å². The van der Waals surface area contributed by atoms with Crippen LogP contribution in [0.15, 0.2) is 24.3 Å². The lowest BCUT2D eigenvalue weighted by atomic mass is 10.1. The highest BCUT2D eigenvalue weighted by molar-refractivity contribution is 5.99. The number of benzene rings is 1. The van der Waals surface area contributed by atoms with Crippen molar-refractivity contribution in [3.8, 4) is 0 Å². The summed E-state index contributed by atoms with van der Waals surface area (Å²) in [5.41, 5.74) is 0.412. The van der Waals surface area contributed by atoms with Crippen molar-refractivity contribution < 1.29 is 19.6 Å². The van der Waals surface area contributed by atoms with Gasteiger partial charge < -0.3 is 10.0 Å². The Balaban J connectivity index is 2.19. The first-order valence-corrected chi connectivity index (χ1v) is 5.26. The number of aliphatic carboxylic acids is 1. The fraction of sp³-hybridized carbons (Fsp3) is 0.273. The third-order valence-electron chi connectivity index (χ3n) is 2.85. The molecule has 94 valence electrons. The molecule has 1 aliphatic rings. The second-order valence-corrected chi connectivity index (χ2v) is 4.02. The van der Waals surface area contributed by atoms with Crippen molar-refractivity contribution in [2.24, 2.45) is 5.92 Å². The predicted octanol–water partition coefficient (Wildman–Crippen LogP) is 1.03. The van der Waals surface area contributed by atoms with Gasteiger partial charge in [-0.15, -0.1) is 0 Å². The number of carbonyl (C=O) groups excluding carboxylic acids is 1. The number of rotatable bonds is 3. The number of nitrogens with zero attached hydrogens (tertiary/aromatic N) is 2. The van der Waals surface area contributed by atoms with E-state index in [1.54, 1.807) is 0 Å². The van der Waals surface area contributed by atoms with E-state index >= 15 is 0 Å². The van der Waals surface area contributed by atoms with Gasteiger partial charge in [0.25, 0.3) is 5.69 Å². The first-order chi connectivity index (χ1) is 8.49. The van der Waals surface area contributed by atoms with Crippen LogP contribution in [0, 0.1) is 16.0 Å². The van der Waals surface area contributed by atoms with Crippen molar-refractivity contribution in [2.75, 3.05) is 11.4 Å². The summed E-state index contributed by atoms with van der Waals surface area (Å²) in [5, 5.41) is 19.3. The number of nitro groups is 1. The van der Waals surface area contributed by atoms with E-state index in [9.17, 15) is 19.7 Å². The van der Waals surface area contributed by atoms with Crippen LogP contribution in [0.1, 0.15) is 6.42 Å². The number of carbonyl (C=O) groups is 2. The first-order valence-electron chi connectivity index (χ1n) is 5.26. The van der Waals surface area contributed by atoms with Crippen LogP contribution in [-0.2, 0) is 9.59 Å². The zero-order chi connectivity index (χ0) is 13.3. The number of non-ortho nitro benzene ring substituents is 1. The molecule has 7 heteroatoms. The molecule has 7 nitrogen and oxygen atoms in total. The molecule has 1 heterocycles. The van der Waals surface area contributed by atoms with Crippen LogP contribution in [0.2, 0.25) is 0 Å². The lowest BCUT2D eigenvalue weighted by Gasteiger charge is -2.15. The van der Waals surface area contributed by atoms with E-state index in [1.807, 2.05) is 0 Å². The molecule has 1 aliphatic heterocycles. The Morgan fingerprint density at radius 2 is 2.00 bits per heavy atom. The molecule has 1 unspecified atom stereocenters. The number of carboxylic acids is 1. The van der Waals surface area contributed by atoms with Gasteiger partial charge in [-0.25, -0.2) is 0 Å². The zero-order valence-corrected chi connectivity index (χ0v) is 9.28. The normalized spacial score (nSPS) is 19.0. The number of amides is 1. The number of nitro benzene ring substituents is 1. The maximum Gasteiger partial charge on any atom is 0.308 e. The number of carboxylic acid groups (broad SMARTS) is 1. The molecule has 1 aromatic carbocycles. The minimum absolute atomic E-state index is 0.0354. The third-order valence-corrected chi connectivity index (χ3v) is 2.85. The van der Waals surface area contributed by atoms with E-state index in [-0.39, 0.29) is 24.6 Å². The first kappa shape index (κ1) is 12.0. The predicted molar refractivity (Wildman–Crippen MR) is 61.2 cm³/mol. The van der Waals surface area contributed by atoms with Crippen LogP contribution in [-0.4, -0.2) is 28.5 Å². The summed E-state index contributed by atoms with van der Waals surface area (Å²) in [6.07, 6.45) is -0.0354. The largest absolute Gasteiger partial charge is 0.481 e. The van der Waals surface area contributed by atoms with E-state index in [0.717, 1.165) is 0 Å². The van der Waals surface area contributed by atoms with Crippen molar-refractivity contribution in [1.29, 1.82) is 0 Å². The second-order valence-electron chi connectivity index (χ2n) is 4.02. The third kappa shape index (κ3) is 2.15. The molecular weight excluding hydrogens is 240 g/mol. The minimum atomic E-state index is -1.01. The fourth-order valence-electron chi connectivity index (χ4n) is 1.88. The van der Waals surface area contributed by atoms with Crippen LogP contribution in [0.4, 0.5) is 11.4 Å². The molecule has 18 heavy (non-hydrogen) atoms. The van der Waals surface area contributed by atoms with Gasteiger partial charge in [0.1, 0.15) is 0 Å². The molecule has 2 rings (SSSR count). The van der Waals surface area contributed by atoms with Crippen LogP contribution in [0.5, 0.6) is 0 Å². The van der Waals surface area contributed by atoms with Gasteiger partial charge in [0, 0.05) is 30.8 Å². The van der Waals surface area contributed by atoms with Crippen LogP contribution in [0.25, 0.3) is 0 Å². The maximum atomic E-state index is 11.6. The number of hydrogen-bond acceptors (Lipinski definition) is 4. The highest BCUT2D eigenvalue weighted by atomic mass is 16.6. The molecule has 0 bridgehead atoms. The summed E-state index contributed by atoms with van der Waals surface area (Å²) in [4.78, 5) is 33.7. The highest BCUT2D eigenvalue weighted by Gasteiger charge is 2.35. The summed E-state index contributed by atoms with van der Waals surface area (Å²) in [7, 11) is 0. The van der Waals surface area contributed by atoms with Crippen molar-refractivity contribution in [3.63, 3.8) is 0 Å². The fourth-order valence-corrected chi connectivity index (χ4v) is 1.88. The minimum Gasteiger partial charge on any atom is -0.481 e. The Kier molecular flexibility index (Phi) is 2.97. The Hall–Kier alpha value is -2.44. The smallest absolute Gasteiger partial charge is 0.308 e. The number of anilines is 1. The van der Waals surface area contributed by atoms with Gasteiger partial charge in [-0.3, -0.25) is 19.7 Å². The Morgan fingerprint density at radius 3 is 2.44 bits per heavy atom. The van der Waals surface area contributed by atoms with E-state index in [2.05, 4.69) is 0 Å². The molecule has 0 saturated carbocycles. The molecule has 0 radical (unpaired) electrons. The van der Waals surface area contributed by atoms with Crippen molar-refractivity contribution in [2.45, 2.75) is 6.42 Å². The van der Waals surface area contributed by atoms with Crippen LogP contribution < -0.4 is 4.90 Å². The molecule has 1 amide bonds. The van der Waals surface area contributed by atoms with Crippen LogP contribution in [0.3, 0.4) is 0 Å². The van der Waals surface area contributed by atoms with Gasteiger partial charge in [-0.2, -0.15) is 0 Å². The van der Waals surface area contributed by atoms with Gasteiger partial charge >= 0.3 is 5.97 Å². The summed E-state index contributed by atoms with van der Waals surface area (Å²) in [6, 6.07) is 5.47. The zero-order valence-electron chi connectivity index (χ0n) is 9.28. The van der Waals surface area contributed by atoms with E-state index in [1.165, 1.54) is 29.2 Å². The molecule has 1 atom stereocenters. The molecule has 1 N–H and O–H groups in total. The van der Waals surface area contributed by atoms with E-state index in [4.69, 9.17) is 5.11 Å².